The zero-order chi connectivity index (χ0) is 16.9. The Balaban J connectivity index is 1.85. The summed E-state index contributed by atoms with van der Waals surface area (Å²) in [7, 11) is 3.31. The van der Waals surface area contributed by atoms with Gasteiger partial charge in [-0.25, -0.2) is 4.98 Å². The third-order valence-electron chi connectivity index (χ3n) is 4.13. The summed E-state index contributed by atoms with van der Waals surface area (Å²) >= 11 is 1.66. The van der Waals surface area contributed by atoms with Crippen LogP contribution in [-0.4, -0.2) is 32.4 Å². The predicted octanol–water partition coefficient (Wildman–Crippen LogP) is 4.14. The quantitative estimate of drug-likeness (QED) is 0.784. The highest BCUT2D eigenvalue weighted by molar-refractivity contribution is 7.11. The Bertz CT molecular complexity index is 667. The molecule has 0 spiro atoms. The van der Waals surface area contributed by atoms with Gasteiger partial charge in [-0.2, -0.15) is 0 Å². The Morgan fingerprint density at radius 1 is 1.21 bits per heavy atom. The molecule has 1 atom stereocenters. The summed E-state index contributed by atoms with van der Waals surface area (Å²) in [5, 5.41) is 0.892. The van der Waals surface area contributed by atoms with Crippen LogP contribution in [0.1, 0.15) is 47.4 Å². The monoisotopic (exact) mass is 349 g/mol. The van der Waals surface area contributed by atoms with Gasteiger partial charge in [0.25, 0.3) is 0 Å². The van der Waals surface area contributed by atoms with Crippen LogP contribution in [0.3, 0.4) is 0 Å². The molecule has 0 saturated carbocycles. The zero-order valence-corrected chi connectivity index (χ0v) is 15.1. The average Bonchev–Trinajstić information content (AvgIpc) is 3.12. The third-order valence-corrected chi connectivity index (χ3v) is 5.26. The number of hydrogen-bond acceptors (Lipinski definition) is 6. The number of rotatable bonds is 6. The van der Waals surface area contributed by atoms with Gasteiger partial charge in [-0.3, -0.25) is 0 Å². The van der Waals surface area contributed by atoms with E-state index in [9.17, 15) is 0 Å². The van der Waals surface area contributed by atoms with E-state index < -0.39 is 0 Å². The molecule has 1 aromatic heterocycles. The average molecular weight is 349 g/mol. The summed E-state index contributed by atoms with van der Waals surface area (Å²) in [6.07, 6.45) is 3.54. The maximum absolute atomic E-state index is 5.65. The van der Waals surface area contributed by atoms with E-state index >= 15 is 0 Å². The van der Waals surface area contributed by atoms with Crippen LogP contribution in [0.15, 0.2) is 24.4 Å². The van der Waals surface area contributed by atoms with E-state index in [1.807, 2.05) is 18.3 Å². The Morgan fingerprint density at radius 2 is 1.96 bits per heavy atom. The molecule has 24 heavy (non-hydrogen) atoms. The molecule has 1 aliphatic heterocycles. The van der Waals surface area contributed by atoms with E-state index in [0.29, 0.717) is 0 Å². The molecule has 0 radical (unpaired) electrons. The van der Waals surface area contributed by atoms with Crippen LogP contribution in [0.4, 0.5) is 0 Å². The normalized spacial score (nSPS) is 16.8. The summed E-state index contributed by atoms with van der Waals surface area (Å²) in [5.41, 5.74) is 1.19. The lowest BCUT2D eigenvalue weighted by molar-refractivity contribution is -0.183. The van der Waals surface area contributed by atoms with Gasteiger partial charge in [-0.1, -0.05) is 13.0 Å². The molecule has 0 amide bonds. The minimum Gasteiger partial charge on any atom is -0.493 e. The zero-order valence-electron chi connectivity index (χ0n) is 14.3. The molecule has 1 aromatic carbocycles. The predicted molar refractivity (Wildman–Crippen MR) is 93.1 cm³/mol. The molecular formula is C18H23NO4S. The van der Waals surface area contributed by atoms with Crippen molar-refractivity contribution in [3.8, 4) is 11.5 Å². The van der Waals surface area contributed by atoms with Crippen LogP contribution in [0, 0.1) is 0 Å². The van der Waals surface area contributed by atoms with Gasteiger partial charge in [0.1, 0.15) is 5.01 Å². The Morgan fingerprint density at radius 3 is 2.62 bits per heavy atom. The van der Waals surface area contributed by atoms with Crippen LogP contribution >= 0.6 is 11.3 Å². The van der Waals surface area contributed by atoms with Crippen molar-refractivity contribution in [1.29, 1.82) is 0 Å². The second kappa shape index (κ2) is 7.96. The Kier molecular flexibility index (Phi) is 5.71. The van der Waals surface area contributed by atoms with Gasteiger partial charge >= 0.3 is 0 Å². The summed E-state index contributed by atoms with van der Waals surface area (Å²) in [4.78, 5) is 5.73. The molecule has 1 saturated heterocycles. The molecule has 5 nitrogen and oxygen atoms in total. The summed E-state index contributed by atoms with van der Waals surface area (Å²) < 4.78 is 22.1. The number of hydrogen-bond donors (Lipinski definition) is 0. The van der Waals surface area contributed by atoms with Crippen molar-refractivity contribution < 1.29 is 18.9 Å². The van der Waals surface area contributed by atoms with E-state index in [1.54, 1.807) is 25.6 Å². The van der Waals surface area contributed by atoms with E-state index in [1.165, 1.54) is 10.4 Å². The van der Waals surface area contributed by atoms with Gasteiger partial charge < -0.3 is 18.9 Å². The SMILES string of the molecule is CCC(c1ccc(OC)c(OC)c1)c1cnc(C2OCCCO2)s1. The van der Waals surface area contributed by atoms with E-state index in [-0.39, 0.29) is 12.2 Å². The van der Waals surface area contributed by atoms with Crippen LogP contribution in [0.5, 0.6) is 11.5 Å². The summed E-state index contributed by atoms with van der Waals surface area (Å²) in [6, 6.07) is 6.08. The van der Waals surface area contributed by atoms with Gasteiger partial charge in [-0.15, -0.1) is 11.3 Å². The molecule has 2 heterocycles. The number of thiazole rings is 1. The fourth-order valence-corrected chi connectivity index (χ4v) is 4.00. The molecule has 2 aromatic rings. The number of nitrogens with zero attached hydrogens (tertiary/aromatic N) is 1. The summed E-state index contributed by atoms with van der Waals surface area (Å²) in [6.45, 7) is 3.63. The van der Waals surface area contributed by atoms with Crippen molar-refractivity contribution in [3.63, 3.8) is 0 Å². The highest BCUT2D eigenvalue weighted by Gasteiger charge is 2.23. The first kappa shape index (κ1) is 17.2. The smallest absolute Gasteiger partial charge is 0.210 e. The lowest BCUT2D eigenvalue weighted by atomic mass is 9.95. The van der Waals surface area contributed by atoms with Gasteiger partial charge in [-0.05, 0) is 30.5 Å². The standard InChI is InChI=1S/C18H23NO4S/c1-4-13(12-6-7-14(20-2)15(10-12)21-3)16-11-19-17(24-16)18-22-8-5-9-23-18/h6-7,10-11,13,18H,4-5,8-9H2,1-3H3. The fourth-order valence-electron chi connectivity index (χ4n) is 2.87. The van der Waals surface area contributed by atoms with Crippen molar-refractivity contribution >= 4 is 11.3 Å². The van der Waals surface area contributed by atoms with Crippen molar-refractivity contribution in [2.24, 2.45) is 0 Å². The first-order valence-corrected chi connectivity index (χ1v) is 8.99. The highest BCUT2D eigenvalue weighted by atomic mass is 32.1. The molecule has 0 bridgehead atoms. The topological polar surface area (TPSA) is 49.8 Å². The Hall–Kier alpha value is -1.63. The molecule has 1 aliphatic rings. The number of ether oxygens (including phenoxy) is 4. The highest BCUT2D eigenvalue weighted by Crippen LogP contribution is 2.38. The van der Waals surface area contributed by atoms with Crippen molar-refractivity contribution in [2.45, 2.75) is 32.0 Å². The first-order valence-electron chi connectivity index (χ1n) is 8.17. The minimum atomic E-state index is -0.319. The minimum absolute atomic E-state index is 0.264. The van der Waals surface area contributed by atoms with Gasteiger partial charge in [0.2, 0.25) is 6.29 Å². The number of benzene rings is 1. The van der Waals surface area contributed by atoms with Crippen molar-refractivity contribution in [2.75, 3.05) is 27.4 Å². The van der Waals surface area contributed by atoms with E-state index in [2.05, 4.69) is 18.0 Å². The third kappa shape index (κ3) is 3.55. The second-order valence-corrected chi connectivity index (χ2v) is 6.70. The molecule has 6 heteroatoms. The lowest BCUT2D eigenvalue weighted by Gasteiger charge is -2.21. The van der Waals surface area contributed by atoms with E-state index in [0.717, 1.165) is 42.6 Å². The van der Waals surface area contributed by atoms with E-state index in [4.69, 9.17) is 18.9 Å². The van der Waals surface area contributed by atoms with Crippen LogP contribution < -0.4 is 9.47 Å². The molecular weight excluding hydrogens is 326 g/mol. The van der Waals surface area contributed by atoms with Crippen molar-refractivity contribution in [1.82, 2.24) is 4.98 Å². The molecule has 1 fully saturated rings. The van der Waals surface area contributed by atoms with Gasteiger partial charge in [0.05, 0.1) is 27.4 Å². The van der Waals surface area contributed by atoms with Gasteiger partial charge in [0, 0.05) is 17.0 Å². The number of methoxy groups -OCH3 is 2. The molecule has 0 aliphatic carbocycles. The van der Waals surface area contributed by atoms with Gasteiger partial charge in [0.15, 0.2) is 11.5 Å². The molecule has 1 unspecified atom stereocenters. The molecule has 3 rings (SSSR count). The first-order chi connectivity index (χ1) is 11.8. The summed E-state index contributed by atoms with van der Waals surface area (Å²) in [5.74, 6) is 1.75. The Labute approximate surface area is 146 Å². The second-order valence-electron chi connectivity index (χ2n) is 5.60. The van der Waals surface area contributed by atoms with Crippen LogP contribution in [0.2, 0.25) is 0 Å². The molecule has 130 valence electrons. The van der Waals surface area contributed by atoms with Crippen LogP contribution in [0.25, 0.3) is 0 Å². The fraction of sp³-hybridized carbons (Fsp3) is 0.500. The van der Waals surface area contributed by atoms with Crippen molar-refractivity contribution in [3.05, 3.63) is 39.8 Å². The molecule has 0 N–H and O–H groups in total. The lowest BCUT2D eigenvalue weighted by Crippen LogP contribution is -2.17. The maximum Gasteiger partial charge on any atom is 0.210 e. The van der Waals surface area contributed by atoms with Crippen LogP contribution in [-0.2, 0) is 9.47 Å². The largest absolute Gasteiger partial charge is 0.493 e. The number of aromatic nitrogens is 1. The maximum atomic E-state index is 5.65.